The molecule has 0 aromatic carbocycles. The van der Waals surface area contributed by atoms with Gasteiger partial charge in [-0.2, -0.15) is 0 Å². The Morgan fingerprint density at radius 2 is 2.17 bits per heavy atom. The van der Waals surface area contributed by atoms with Crippen molar-refractivity contribution in [3.8, 4) is 0 Å². The summed E-state index contributed by atoms with van der Waals surface area (Å²) in [6.07, 6.45) is 3.67. The van der Waals surface area contributed by atoms with Gasteiger partial charge in [-0.25, -0.2) is 0 Å². The number of carboxylic acid groups (broad SMARTS) is 1. The highest BCUT2D eigenvalue weighted by Crippen LogP contribution is 2.11. The number of aliphatic carboxylic acids is 1. The van der Waals surface area contributed by atoms with Gasteiger partial charge in [0, 0.05) is 38.8 Å². The molecular weight excluding hydrogens is 232 g/mol. The average Bonchev–Trinajstić information content (AvgIpc) is 2.28. The van der Waals surface area contributed by atoms with Gasteiger partial charge >= 0.3 is 5.97 Å². The van der Waals surface area contributed by atoms with Gasteiger partial charge in [-0.1, -0.05) is 13.0 Å². The number of aromatic nitrogens is 1. The molecule has 18 heavy (non-hydrogen) atoms. The minimum absolute atomic E-state index is 0.0203. The molecule has 1 heterocycles. The molecule has 0 fully saturated rings. The van der Waals surface area contributed by atoms with Gasteiger partial charge < -0.3 is 10.0 Å². The van der Waals surface area contributed by atoms with Crippen LogP contribution in [-0.2, 0) is 16.1 Å². The molecule has 0 spiro atoms. The van der Waals surface area contributed by atoms with Crippen LogP contribution in [-0.4, -0.2) is 33.9 Å². The summed E-state index contributed by atoms with van der Waals surface area (Å²) >= 11 is 0. The van der Waals surface area contributed by atoms with Gasteiger partial charge in [0.1, 0.15) is 0 Å². The first-order valence-corrected chi connectivity index (χ1v) is 5.83. The molecule has 0 saturated carbocycles. The van der Waals surface area contributed by atoms with E-state index in [0.717, 1.165) is 5.56 Å². The summed E-state index contributed by atoms with van der Waals surface area (Å²) in [7, 11) is 1.71. The Bertz CT molecular complexity index is 406. The SMILES string of the molecule is CC(CC(=O)O)CC(=O)N(C)Cc1cccnc1. The maximum atomic E-state index is 11.9. The fraction of sp³-hybridized carbons (Fsp3) is 0.462. The van der Waals surface area contributed by atoms with Crippen molar-refractivity contribution in [3.63, 3.8) is 0 Å². The van der Waals surface area contributed by atoms with Gasteiger partial charge in [0.2, 0.25) is 5.91 Å². The van der Waals surface area contributed by atoms with Crippen LogP contribution in [0, 0.1) is 5.92 Å². The molecule has 0 aliphatic heterocycles. The number of hydrogen-bond donors (Lipinski definition) is 1. The third-order valence-electron chi connectivity index (χ3n) is 2.61. The van der Waals surface area contributed by atoms with E-state index in [1.165, 1.54) is 0 Å². The molecule has 0 aliphatic carbocycles. The van der Waals surface area contributed by atoms with Gasteiger partial charge in [-0.3, -0.25) is 14.6 Å². The fourth-order valence-electron chi connectivity index (χ4n) is 1.68. The van der Waals surface area contributed by atoms with E-state index in [2.05, 4.69) is 4.98 Å². The van der Waals surface area contributed by atoms with E-state index in [1.807, 2.05) is 12.1 Å². The summed E-state index contributed by atoms with van der Waals surface area (Å²) in [5, 5.41) is 8.64. The Hall–Kier alpha value is -1.91. The summed E-state index contributed by atoms with van der Waals surface area (Å²) in [6.45, 7) is 2.26. The van der Waals surface area contributed by atoms with Gasteiger partial charge in [0.25, 0.3) is 0 Å². The van der Waals surface area contributed by atoms with Crippen LogP contribution in [0.15, 0.2) is 24.5 Å². The lowest BCUT2D eigenvalue weighted by atomic mass is 10.0. The van der Waals surface area contributed by atoms with E-state index >= 15 is 0 Å². The summed E-state index contributed by atoms with van der Waals surface area (Å²) in [5.41, 5.74) is 0.958. The van der Waals surface area contributed by atoms with Gasteiger partial charge in [0.15, 0.2) is 0 Å². The van der Waals surface area contributed by atoms with Crippen molar-refractivity contribution in [2.75, 3.05) is 7.05 Å². The smallest absolute Gasteiger partial charge is 0.303 e. The van der Waals surface area contributed by atoms with Crippen LogP contribution in [0.3, 0.4) is 0 Å². The Morgan fingerprint density at radius 3 is 2.72 bits per heavy atom. The Labute approximate surface area is 106 Å². The summed E-state index contributed by atoms with van der Waals surface area (Å²) in [6, 6.07) is 3.72. The van der Waals surface area contributed by atoms with Crippen molar-refractivity contribution in [2.45, 2.75) is 26.3 Å². The first kappa shape index (κ1) is 14.2. The maximum Gasteiger partial charge on any atom is 0.303 e. The molecule has 1 aromatic rings. The summed E-state index contributed by atoms with van der Waals surface area (Å²) in [5.74, 6) is -1.07. The molecular formula is C13H18N2O3. The number of pyridine rings is 1. The molecule has 0 saturated heterocycles. The number of hydrogen-bond acceptors (Lipinski definition) is 3. The standard InChI is InChI=1S/C13H18N2O3/c1-10(7-13(17)18)6-12(16)15(2)9-11-4-3-5-14-8-11/h3-5,8,10H,6-7,9H2,1-2H3,(H,17,18). The second-order valence-electron chi connectivity index (χ2n) is 4.52. The molecule has 98 valence electrons. The number of nitrogens with zero attached hydrogens (tertiary/aromatic N) is 2. The van der Waals surface area contributed by atoms with Crippen LogP contribution in [0.25, 0.3) is 0 Å². The Kier molecular flexibility index (Phi) is 5.30. The van der Waals surface area contributed by atoms with Crippen molar-refractivity contribution in [3.05, 3.63) is 30.1 Å². The maximum absolute atomic E-state index is 11.9. The molecule has 5 nitrogen and oxygen atoms in total. The van der Waals surface area contributed by atoms with Crippen molar-refractivity contribution in [1.82, 2.24) is 9.88 Å². The first-order valence-electron chi connectivity index (χ1n) is 5.83. The second-order valence-corrected chi connectivity index (χ2v) is 4.52. The molecule has 0 aliphatic rings. The number of carbonyl (C=O) groups is 2. The van der Waals surface area contributed by atoms with Crippen molar-refractivity contribution in [2.24, 2.45) is 5.92 Å². The molecule has 0 bridgehead atoms. The lowest BCUT2D eigenvalue weighted by Crippen LogP contribution is -2.28. The van der Waals surface area contributed by atoms with E-state index in [4.69, 9.17) is 5.11 Å². The molecule has 1 aromatic heterocycles. The second kappa shape index (κ2) is 6.74. The summed E-state index contributed by atoms with van der Waals surface area (Å²) < 4.78 is 0. The largest absolute Gasteiger partial charge is 0.481 e. The van der Waals surface area contributed by atoms with Crippen LogP contribution in [0.4, 0.5) is 0 Å². The normalized spacial score (nSPS) is 11.9. The average molecular weight is 250 g/mol. The topological polar surface area (TPSA) is 70.5 Å². The van der Waals surface area contributed by atoms with Crippen LogP contribution in [0.5, 0.6) is 0 Å². The zero-order valence-corrected chi connectivity index (χ0v) is 10.7. The number of amides is 1. The van der Waals surface area contributed by atoms with Crippen LogP contribution >= 0.6 is 0 Å². The van der Waals surface area contributed by atoms with Gasteiger partial charge in [0.05, 0.1) is 0 Å². The van der Waals surface area contributed by atoms with Crippen molar-refractivity contribution in [1.29, 1.82) is 0 Å². The number of carbonyl (C=O) groups excluding carboxylic acids is 1. The van der Waals surface area contributed by atoms with Crippen molar-refractivity contribution >= 4 is 11.9 Å². The third-order valence-corrected chi connectivity index (χ3v) is 2.61. The highest BCUT2D eigenvalue weighted by atomic mass is 16.4. The predicted molar refractivity (Wildman–Crippen MR) is 66.7 cm³/mol. The van der Waals surface area contributed by atoms with E-state index in [1.54, 1.807) is 31.3 Å². The highest BCUT2D eigenvalue weighted by molar-refractivity contribution is 5.77. The Balaban J connectivity index is 2.44. The third kappa shape index (κ3) is 4.95. The van der Waals surface area contributed by atoms with E-state index in [0.29, 0.717) is 6.54 Å². The van der Waals surface area contributed by atoms with E-state index in [-0.39, 0.29) is 24.7 Å². The summed E-state index contributed by atoms with van der Waals surface area (Å²) in [4.78, 5) is 27.9. The van der Waals surface area contributed by atoms with Crippen LogP contribution < -0.4 is 0 Å². The zero-order valence-electron chi connectivity index (χ0n) is 10.7. The zero-order chi connectivity index (χ0) is 13.5. The number of rotatable bonds is 6. The lowest BCUT2D eigenvalue weighted by molar-refractivity contribution is -0.138. The molecule has 1 unspecified atom stereocenters. The van der Waals surface area contributed by atoms with Crippen LogP contribution in [0.1, 0.15) is 25.3 Å². The molecule has 1 rings (SSSR count). The first-order chi connectivity index (χ1) is 8.49. The van der Waals surface area contributed by atoms with E-state index in [9.17, 15) is 9.59 Å². The van der Waals surface area contributed by atoms with Gasteiger partial charge in [-0.05, 0) is 17.5 Å². The van der Waals surface area contributed by atoms with Crippen molar-refractivity contribution < 1.29 is 14.7 Å². The Morgan fingerprint density at radius 1 is 1.44 bits per heavy atom. The predicted octanol–water partition coefficient (Wildman–Crippen LogP) is 1.54. The molecule has 1 N–H and O–H groups in total. The highest BCUT2D eigenvalue weighted by Gasteiger charge is 2.15. The minimum Gasteiger partial charge on any atom is -0.481 e. The molecule has 0 radical (unpaired) electrons. The van der Waals surface area contributed by atoms with Crippen LogP contribution in [0.2, 0.25) is 0 Å². The number of carboxylic acids is 1. The quantitative estimate of drug-likeness (QED) is 0.831. The monoisotopic (exact) mass is 250 g/mol. The van der Waals surface area contributed by atoms with Gasteiger partial charge in [-0.15, -0.1) is 0 Å². The van der Waals surface area contributed by atoms with E-state index < -0.39 is 5.97 Å². The lowest BCUT2D eigenvalue weighted by Gasteiger charge is -2.19. The minimum atomic E-state index is -0.870. The molecule has 1 amide bonds. The fourth-order valence-corrected chi connectivity index (χ4v) is 1.68. The molecule has 1 atom stereocenters. The molecule has 5 heteroatoms.